The van der Waals surface area contributed by atoms with Gasteiger partial charge in [-0.25, -0.2) is 9.79 Å². The normalized spacial score (nSPS) is 15.6. The number of rotatable bonds is 7. The molecule has 0 saturated heterocycles. The predicted molar refractivity (Wildman–Crippen MR) is 126 cm³/mol. The highest BCUT2D eigenvalue weighted by Crippen LogP contribution is 2.31. The van der Waals surface area contributed by atoms with E-state index >= 15 is 0 Å². The first-order chi connectivity index (χ1) is 16.8. The van der Waals surface area contributed by atoms with E-state index in [4.69, 9.17) is 9.47 Å². The van der Waals surface area contributed by atoms with Crippen LogP contribution in [0.15, 0.2) is 69.6 Å². The molecule has 3 aromatic rings. The van der Waals surface area contributed by atoms with E-state index in [1.165, 1.54) is 16.7 Å². The number of aromatic nitrogens is 1. The highest BCUT2D eigenvalue weighted by molar-refractivity contribution is 7.07. The second-order valence-corrected chi connectivity index (χ2v) is 8.50. The molecule has 0 bridgehead atoms. The zero-order valence-corrected chi connectivity index (χ0v) is 20.0. The number of para-hydroxylation sites is 1. The van der Waals surface area contributed by atoms with Crippen LogP contribution in [0.1, 0.15) is 31.0 Å². The lowest BCUT2D eigenvalue weighted by molar-refractivity contribution is -0.139. The van der Waals surface area contributed by atoms with Crippen molar-refractivity contribution in [2.45, 2.75) is 26.5 Å². The number of carbonyl (C=O) groups is 1. The Kier molecular flexibility index (Phi) is 7.11. The van der Waals surface area contributed by atoms with E-state index in [2.05, 4.69) is 9.73 Å². The molecule has 1 aromatic heterocycles. The number of ether oxygens (including phenoxy) is 3. The Bertz CT molecular complexity index is 1460. The van der Waals surface area contributed by atoms with E-state index in [-0.39, 0.29) is 22.5 Å². The number of methoxy groups -OCH3 is 1. The molecule has 1 unspecified atom stereocenters. The van der Waals surface area contributed by atoms with Gasteiger partial charge in [-0.15, -0.1) is 0 Å². The lowest BCUT2D eigenvalue weighted by Gasteiger charge is -2.24. The van der Waals surface area contributed by atoms with Crippen molar-refractivity contribution in [1.29, 1.82) is 0 Å². The van der Waals surface area contributed by atoms with Crippen LogP contribution in [0.3, 0.4) is 0 Å². The third-order valence-electron chi connectivity index (χ3n) is 5.37. The number of hydrogen-bond acceptors (Lipinski definition) is 7. The van der Waals surface area contributed by atoms with Crippen LogP contribution in [-0.4, -0.2) is 30.9 Å². The summed E-state index contributed by atoms with van der Waals surface area (Å²) < 4.78 is 42.5. The van der Waals surface area contributed by atoms with Crippen LogP contribution in [0.4, 0.5) is 8.78 Å². The Hall–Kier alpha value is -3.79. The Balaban J connectivity index is 1.92. The summed E-state index contributed by atoms with van der Waals surface area (Å²) in [5.41, 5.74) is 1.24. The summed E-state index contributed by atoms with van der Waals surface area (Å²) in [5.74, 6) is -0.00172. The van der Waals surface area contributed by atoms with Gasteiger partial charge in [0.05, 0.1) is 35.6 Å². The van der Waals surface area contributed by atoms with E-state index in [9.17, 15) is 18.4 Å². The number of alkyl halides is 2. The number of halogens is 2. The monoisotopic (exact) mass is 500 g/mol. The molecular formula is C25H22F2N2O5S. The molecule has 35 heavy (non-hydrogen) atoms. The minimum atomic E-state index is -3.00. The highest BCUT2D eigenvalue weighted by atomic mass is 32.1. The maximum atomic E-state index is 13.6. The fourth-order valence-electron chi connectivity index (χ4n) is 3.84. The SMILES string of the molecule is CCOC(=O)C1=C(C)N=c2s/c(=C\c3ccccc3OC(F)F)c(=O)n2C1c1ccc(OC)cc1. The zero-order valence-electron chi connectivity index (χ0n) is 19.2. The largest absolute Gasteiger partial charge is 0.497 e. The van der Waals surface area contributed by atoms with Gasteiger partial charge in [0.25, 0.3) is 5.56 Å². The van der Waals surface area contributed by atoms with Crippen molar-refractivity contribution in [1.82, 2.24) is 4.57 Å². The molecule has 0 radical (unpaired) electrons. The average molecular weight is 501 g/mol. The average Bonchev–Trinajstić information content (AvgIpc) is 3.13. The van der Waals surface area contributed by atoms with Crippen molar-refractivity contribution in [3.8, 4) is 11.5 Å². The Labute approximate surface area is 203 Å². The van der Waals surface area contributed by atoms with Crippen LogP contribution in [0.25, 0.3) is 6.08 Å². The number of nitrogens with zero attached hydrogens (tertiary/aromatic N) is 2. The Morgan fingerprint density at radius 1 is 1.20 bits per heavy atom. The van der Waals surface area contributed by atoms with Crippen molar-refractivity contribution in [2.75, 3.05) is 13.7 Å². The van der Waals surface area contributed by atoms with Crippen molar-refractivity contribution in [2.24, 2.45) is 4.99 Å². The highest BCUT2D eigenvalue weighted by Gasteiger charge is 2.33. The summed E-state index contributed by atoms with van der Waals surface area (Å²) in [6.45, 7) is 0.544. The first-order valence-corrected chi connectivity index (χ1v) is 11.5. The second kappa shape index (κ2) is 10.2. The number of fused-ring (bicyclic) bond motifs is 1. The standard InChI is InChI=1S/C25H22F2N2O5S/c1-4-33-23(31)20-14(2)28-25-29(21(20)15-9-11-17(32-3)12-10-15)22(30)19(35-25)13-16-7-5-6-8-18(16)34-24(26)27/h5-13,21,24H,4H2,1-3H3/b19-13-. The van der Waals surface area contributed by atoms with E-state index in [0.717, 1.165) is 11.3 Å². The fourth-order valence-corrected chi connectivity index (χ4v) is 4.87. The van der Waals surface area contributed by atoms with Gasteiger partial charge in [0.2, 0.25) is 0 Å². The maximum absolute atomic E-state index is 13.6. The number of hydrogen-bond donors (Lipinski definition) is 0. The zero-order chi connectivity index (χ0) is 25.1. The van der Waals surface area contributed by atoms with Gasteiger partial charge in [-0.05, 0) is 43.7 Å². The lowest BCUT2D eigenvalue weighted by Crippen LogP contribution is -2.39. The summed E-state index contributed by atoms with van der Waals surface area (Å²) in [6, 6.07) is 12.4. The molecule has 0 saturated carbocycles. The van der Waals surface area contributed by atoms with Gasteiger partial charge in [-0.1, -0.05) is 41.7 Å². The van der Waals surface area contributed by atoms with Crippen LogP contribution >= 0.6 is 11.3 Å². The molecule has 10 heteroatoms. The van der Waals surface area contributed by atoms with Crippen LogP contribution in [0.2, 0.25) is 0 Å². The predicted octanol–water partition coefficient (Wildman–Crippen LogP) is 3.41. The summed E-state index contributed by atoms with van der Waals surface area (Å²) in [5, 5.41) is 0. The van der Waals surface area contributed by atoms with Crippen molar-refractivity contribution in [3.63, 3.8) is 0 Å². The van der Waals surface area contributed by atoms with E-state index in [0.29, 0.717) is 27.4 Å². The molecule has 0 fully saturated rings. The third kappa shape index (κ3) is 4.88. The minimum absolute atomic E-state index is 0.0524. The third-order valence-corrected chi connectivity index (χ3v) is 6.35. The number of carbonyl (C=O) groups excluding carboxylic acids is 1. The van der Waals surface area contributed by atoms with Crippen molar-refractivity contribution < 1.29 is 27.8 Å². The first kappa shape index (κ1) is 24.3. The van der Waals surface area contributed by atoms with Crippen molar-refractivity contribution >= 4 is 23.4 Å². The molecule has 182 valence electrons. The van der Waals surface area contributed by atoms with Gasteiger partial charge in [0.1, 0.15) is 11.5 Å². The van der Waals surface area contributed by atoms with E-state index in [1.807, 2.05) is 0 Å². The number of esters is 1. The molecule has 0 spiro atoms. The molecule has 0 amide bonds. The fraction of sp³-hybridized carbons (Fsp3) is 0.240. The Morgan fingerprint density at radius 2 is 1.91 bits per heavy atom. The molecule has 0 N–H and O–H groups in total. The Morgan fingerprint density at radius 3 is 2.57 bits per heavy atom. The van der Waals surface area contributed by atoms with Gasteiger partial charge in [0, 0.05) is 5.56 Å². The van der Waals surface area contributed by atoms with Crippen molar-refractivity contribution in [3.05, 3.63) is 90.6 Å². The molecule has 2 aromatic carbocycles. The summed E-state index contributed by atoms with van der Waals surface area (Å²) in [6.07, 6.45) is 1.48. The quantitative estimate of drug-likeness (QED) is 0.465. The maximum Gasteiger partial charge on any atom is 0.387 e. The van der Waals surface area contributed by atoms with Crippen LogP contribution in [0.5, 0.6) is 11.5 Å². The minimum Gasteiger partial charge on any atom is -0.497 e. The summed E-state index contributed by atoms with van der Waals surface area (Å²) >= 11 is 1.10. The van der Waals surface area contributed by atoms with Gasteiger partial charge in [-0.2, -0.15) is 8.78 Å². The number of allylic oxidation sites excluding steroid dienone is 1. The lowest BCUT2D eigenvalue weighted by atomic mass is 9.96. The first-order valence-electron chi connectivity index (χ1n) is 10.7. The van der Waals surface area contributed by atoms with Crippen LogP contribution in [0, 0.1) is 0 Å². The van der Waals surface area contributed by atoms with E-state index < -0.39 is 24.2 Å². The summed E-state index contributed by atoms with van der Waals surface area (Å²) in [4.78, 5) is 31.4. The topological polar surface area (TPSA) is 79.1 Å². The molecule has 2 heterocycles. The molecule has 0 aliphatic carbocycles. The van der Waals surface area contributed by atoms with Crippen LogP contribution in [-0.2, 0) is 9.53 Å². The van der Waals surface area contributed by atoms with Gasteiger partial charge in [0.15, 0.2) is 4.80 Å². The summed E-state index contributed by atoms with van der Waals surface area (Å²) in [7, 11) is 1.54. The number of benzene rings is 2. The second-order valence-electron chi connectivity index (χ2n) is 7.49. The van der Waals surface area contributed by atoms with E-state index in [1.54, 1.807) is 63.4 Å². The van der Waals surface area contributed by atoms with Gasteiger partial charge in [-0.3, -0.25) is 9.36 Å². The molecule has 1 aliphatic heterocycles. The smallest absolute Gasteiger partial charge is 0.387 e. The molecule has 7 nitrogen and oxygen atoms in total. The molecule has 1 atom stereocenters. The molecular weight excluding hydrogens is 478 g/mol. The van der Waals surface area contributed by atoms with Gasteiger partial charge < -0.3 is 14.2 Å². The molecule has 4 rings (SSSR count). The molecule has 1 aliphatic rings. The number of thiazole rings is 1. The van der Waals surface area contributed by atoms with Gasteiger partial charge >= 0.3 is 12.6 Å². The van der Waals surface area contributed by atoms with Crippen LogP contribution < -0.4 is 24.4 Å².